The van der Waals surface area contributed by atoms with Gasteiger partial charge in [0.15, 0.2) is 9.84 Å². The topological polar surface area (TPSA) is 34.1 Å². The van der Waals surface area contributed by atoms with E-state index in [9.17, 15) is 17.2 Å². The van der Waals surface area contributed by atoms with Gasteiger partial charge in [-0.1, -0.05) is 23.8 Å². The molecule has 5 heteroatoms. The van der Waals surface area contributed by atoms with E-state index in [1.165, 1.54) is 0 Å². The highest BCUT2D eigenvalue weighted by Crippen LogP contribution is 2.28. The fourth-order valence-corrected chi connectivity index (χ4v) is 3.77. The highest BCUT2D eigenvalue weighted by molar-refractivity contribution is 7.92. The van der Waals surface area contributed by atoms with Crippen molar-refractivity contribution in [3.63, 3.8) is 0 Å². The lowest BCUT2D eigenvalue weighted by molar-refractivity contribution is 0.545. The van der Waals surface area contributed by atoms with Gasteiger partial charge in [0, 0.05) is 6.07 Å². The van der Waals surface area contributed by atoms with Gasteiger partial charge in [-0.25, -0.2) is 17.2 Å². The van der Waals surface area contributed by atoms with Gasteiger partial charge in [0.1, 0.15) is 16.5 Å². The third kappa shape index (κ3) is 2.22. The van der Waals surface area contributed by atoms with Crippen LogP contribution in [0.4, 0.5) is 8.78 Å². The Morgan fingerprint density at radius 1 is 1.28 bits per heavy atom. The van der Waals surface area contributed by atoms with Crippen molar-refractivity contribution in [1.29, 1.82) is 0 Å². The molecule has 0 bridgehead atoms. The molecule has 1 atom stereocenters. The Balaban J connectivity index is 2.49. The maximum Gasteiger partial charge on any atom is 0.188 e. The van der Waals surface area contributed by atoms with Gasteiger partial charge >= 0.3 is 0 Å². The third-order valence-electron chi connectivity index (χ3n) is 2.93. The number of benzene rings is 1. The standard InChI is InChI=1S/C13H12F2O2S/c1-9-4-2-3-5-12(9)18(16,17)13-7-6-10(14)8-11(13)15/h2-4,6-8,12H,5H2,1H3. The molecule has 18 heavy (non-hydrogen) atoms. The predicted octanol–water partition coefficient (Wildman–Crippen LogP) is 3.01. The van der Waals surface area contributed by atoms with Crippen molar-refractivity contribution in [3.8, 4) is 0 Å². The molecule has 0 heterocycles. The maximum atomic E-state index is 13.6. The van der Waals surface area contributed by atoms with Crippen LogP contribution in [0.2, 0.25) is 0 Å². The minimum atomic E-state index is -3.82. The summed E-state index contributed by atoms with van der Waals surface area (Å²) in [6.07, 6.45) is 5.48. The average Bonchev–Trinajstić information content (AvgIpc) is 2.28. The van der Waals surface area contributed by atoms with E-state index in [0.29, 0.717) is 18.1 Å². The molecule has 2 nitrogen and oxygen atoms in total. The summed E-state index contributed by atoms with van der Waals surface area (Å²) in [5, 5.41) is -0.775. The van der Waals surface area contributed by atoms with E-state index in [0.717, 1.165) is 12.1 Å². The van der Waals surface area contributed by atoms with Crippen LogP contribution in [0.25, 0.3) is 0 Å². The molecular formula is C13H12F2O2S. The van der Waals surface area contributed by atoms with Gasteiger partial charge in [0.25, 0.3) is 0 Å². The summed E-state index contributed by atoms with van der Waals surface area (Å²) in [4.78, 5) is -0.447. The lowest BCUT2D eigenvalue weighted by Gasteiger charge is -2.19. The van der Waals surface area contributed by atoms with E-state index in [1.54, 1.807) is 25.2 Å². The zero-order valence-electron chi connectivity index (χ0n) is 9.73. The monoisotopic (exact) mass is 270 g/mol. The Labute approximate surface area is 105 Å². The molecule has 1 aromatic carbocycles. The molecule has 0 aromatic heterocycles. The van der Waals surface area contributed by atoms with Crippen molar-refractivity contribution in [2.24, 2.45) is 0 Å². The van der Waals surface area contributed by atoms with Gasteiger partial charge < -0.3 is 0 Å². The summed E-state index contributed by atoms with van der Waals surface area (Å²) in [6.45, 7) is 1.69. The van der Waals surface area contributed by atoms with Crippen LogP contribution in [-0.2, 0) is 9.84 Å². The molecule has 0 saturated carbocycles. The van der Waals surface area contributed by atoms with Gasteiger partial charge in [0.05, 0.1) is 5.25 Å². The van der Waals surface area contributed by atoms with Gasteiger partial charge in [-0.3, -0.25) is 0 Å². The second kappa shape index (κ2) is 4.65. The van der Waals surface area contributed by atoms with Crippen molar-refractivity contribution in [1.82, 2.24) is 0 Å². The molecule has 1 aliphatic rings. The first-order chi connectivity index (χ1) is 8.43. The molecule has 0 fully saturated rings. The van der Waals surface area contributed by atoms with Crippen LogP contribution >= 0.6 is 0 Å². The Morgan fingerprint density at radius 2 is 2.00 bits per heavy atom. The van der Waals surface area contributed by atoms with Crippen LogP contribution in [0.1, 0.15) is 13.3 Å². The minimum Gasteiger partial charge on any atom is -0.223 e. The van der Waals surface area contributed by atoms with Crippen LogP contribution in [0.3, 0.4) is 0 Å². The summed E-state index contributed by atoms with van der Waals surface area (Å²) in [5.41, 5.74) is 0.654. The van der Waals surface area contributed by atoms with Crippen LogP contribution in [-0.4, -0.2) is 13.7 Å². The average molecular weight is 270 g/mol. The molecule has 1 aromatic rings. The Morgan fingerprint density at radius 3 is 2.61 bits per heavy atom. The zero-order valence-corrected chi connectivity index (χ0v) is 10.5. The largest absolute Gasteiger partial charge is 0.223 e. The lowest BCUT2D eigenvalue weighted by Crippen LogP contribution is -2.24. The zero-order chi connectivity index (χ0) is 13.3. The first-order valence-corrected chi connectivity index (χ1v) is 7.00. The Kier molecular flexibility index (Phi) is 3.34. The number of halogens is 2. The Hall–Kier alpha value is -1.49. The molecule has 0 saturated heterocycles. The number of hydrogen-bond donors (Lipinski definition) is 0. The highest BCUT2D eigenvalue weighted by Gasteiger charge is 2.31. The van der Waals surface area contributed by atoms with E-state index >= 15 is 0 Å². The molecule has 0 aliphatic heterocycles. The van der Waals surface area contributed by atoms with E-state index in [-0.39, 0.29) is 0 Å². The van der Waals surface area contributed by atoms with Gasteiger partial charge in [0.2, 0.25) is 0 Å². The summed E-state index contributed by atoms with van der Waals surface area (Å²) in [6, 6.07) is 2.52. The highest BCUT2D eigenvalue weighted by atomic mass is 32.2. The molecule has 96 valence electrons. The van der Waals surface area contributed by atoms with Crippen molar-refractivity contribution >= 4 is 9.84 Å². The van der Waals surface area contributed by atoms with Crippen LogP contribution in [0.15, 0.2) is 46.9 Å². The third-order valence-corrected chi connectivity index (χ3v) is 5.19. The molecule has 0 spiro atoms. The van der Waals surface area contributed by atoms with Gasteiger partial charge in [-0.15, -0.1) is 0 Å². The van der Waals surface area contributed by atoms with E-state index in [4.69, 9.17) is 0 Å². The van der Waals surface area contributed by atoms with E-state index in [2.05, 4.69) is 0 Å². The van der Waals surface area contributed by atoms with Gasteiger partial charge in [-0.2, -0.15) is 0 Å². The SMILES string of the molecule is CC1=CC=CCC1S(=O)(=O)c1ccc(F)cc1F. The molecule has 2 rings (SSSR count). The smallest absolute Gasteiger partial charge is 0.188 e. The molecule has 1 unspecified atom stereocenters. The van der Waals surface area contributed by atoms with E-state index < -0.39 is 31.6 Å². The second-order valence-electron chi connectivity index (χ2n) is 4.18. The molecular weight excluding hydrogens is 258 g/mol. The summed E-state index contributed by atoms with van der Waals surface area (Å²) >= 11 is 0. The predicted molar refractivity (Wildman–Crippen MR) is 64.8 cm³/mol. The van der Waals surface area contributed by atoms with Crippen molar-refractivity contribution < 1.29 is 17.2 Å². The fraction of sp³-hybridized carbons (Fsp3) is 0.231. The molecule has 0 amide bonds. The van der Waals surface area contributed by atoms with Crippen LogP contribution < -0.4 is 0 Å². The lowest BCUT2D eigenvalue weighted by atomic mass is 10.1. The molecule has 0 N–H and O–H groups in total. The first kappa shape index (κ1) is 13.0. The number of allylic oxidation sites excluding steroid dienone is 3. The quantitative estimate of drug-likeness (QED) is 0.774. The summed E-state index contributed by atoms with van der Waals surface area (Å²) in [5.74, 6) is -1.83. The second-order valence-corrected chi connectivity index (χ2v) is 6.28. The molecule has 0 radical (unpaired) electrons. The minimum absolute atomic E-state index is 0.307. The van der Waals surface area contributed by atoms with Crippen LogP contribution in [0, 0.1) is 11.6 Å². The van der Waals surface area contributed by atoms with E-state index in [1.807, 2.05) is 0 Å². The summed E-state index contributed by atoms with van der Waals surface area (Å²) < 4.78 is 51.0. The van der Waals surface area contributed by atoms with Crippen molar-refractivity contribution in [2.75, 3.05) is 0 Å². The fourth-order valence-electron chi connectivity index (χ4n) is 1.95. The number of sulfone groups is 1. The van der Waals surface area contributed by atoms with Crippen molar-refractivity contribution in [3.05, 3.63) is 53.6 Å². The van der Waals surface area contributed by atoms with Gasteiger partial charge in [-0.05, 0) is 25.5 Å². The van der Waals surface area contributed by atoms with Crippen molar-refractivity contribution in [2.45, 2.75) is 23.5 Å². The molecule has 1 aliphatic carbocycles. The van der Waals surface area contributed by atoms with Crippen LogP contribution in [0.5, 0.6) is 0 Å². The normalized spacial score (nSPS) is 19.7. The number of rotatable bonds is 2. The maximum absolute atomic E-state index is 13.6. The number of hydrogen-bond acceptors (Lipinski definition) is 2. The summed E-state index contributed by atoms with van der Waals surface area (Å²) in [7, 11) is -3.82. The Bertz CT molecular complexity index is 630. The first-order valence-electron chi connectivity index (χ1n) is 5.45.